The Morgan fingerprint density at radius 2 is 1.68 bits per heavy atom. The highest BCUT2D eigenvalue weighted by Crippen LogP contribution is 2.32. The van der Waals surface area contributed by atoms with E-state index in [-0.39, 0.29) is 18.2 Å². The zero-order valence-electron chi connectivity index (χ0n) is 19.2. The number of piperazine rings is 1. The highest BCUT2D eigenvalue weighted by atomic mass is 32.2. The van der Waals surface area contributed by atoms with Gasteiger partial charge in [-0.25, -0.2) is 17.5 Å². The number of amides is 3. The fourth-order valence-electron chi connectivity index (χ4n) is 3.69. The first-order valence-corrected chi connectivity index (χ1v) is 12.4. The first kappa shape index (κ1) is 23.8. The van der Waals surface area contributed by atoms with Gasteiger partial charge < -0.3 is 24.6 Å². The number of likely N-dealkylation sites (N-methyl/N-ethyl adjacent to an activating group) is 1. The van der Waals surface area contributed by atoms with E-state index in [1.807, 2.05) is 14.0 Å². The van der Waals surface area contributed by atoms with Crippen LogP contribution in [0.4, 0.5) is 4.79 Å². The molecule has 0 unspecified atom stereocenters. The Bertz CT molecular complexity index is 1160. The van der Waals surface area contributed by atoms with Gasteiger partial charge in [-0.3, -0.25) is 4.79 Å². The molecule has 0 radical (unpaired) electrons. The van der Waals surface area contributed by atoms with E-state index >= 15 is 0 Å². The van der Waals surface area contributed by atoms with Crippen LogP contribution in [0.25, 0.3) is 0 Å². The zero-order valence-corrected chi connectivity index (χ0v) is 20.0. The summed E-state index contributed by atoms with van der Waals surface area (Å²) in [6.07, 6.45) is 0. The number of nitrogens with zero attached hydrogens (tertiary/aromatic N) is 3. The number of urea groups is 1. The summed E-state index contributed by atoms with van der Waals surface area (Å²) in [6, 6.07) is 10.8. The van der Waals surface area contributed by atoms with E-state index in [0.29, 0.717) is 42.0 Å². The van der Waals surface area contributed by atoms with Gasteiger partial charge in [0.1, 0.15) is 6.54 Å². The molecule has 2 aromatic rings. The summed E-state index contributed by atoms with van der Waals surface area (Å²) in [4.78, 5) is 29.5. The van der Waals surface area contributed by atoms with Gasteiger partial charge in [-0.05, 0) is 43.8 Å². The van der Waals surface area contributed by atoms with E-state index < -0.39 is 28.5 Å². The fraction of sp³-hybridized carbons (Fsp3) is 0.391. The molecule has 1 fully saturated rings. The van der Waals surface area contributed by atoms with Gasteiger partial charge in [-0.2, -0.15) is 0 Å². The molecule has 0 aliphatic carbocycles. The van der Waals surface area contributed by atoms with Crippen molar-refractivity contribution in [3.8, 4) is 11.5 Å². The third-order valence-corrected chi connectivity index (χ3v) is 7.54. The zero-order chi connectivity index (χ0) is 24.3. The molecule has 1 N–H and O–H groups in total. The molecular formula is C23H28N4O6S. The summed E-state index contributed by atoms with van der Waals surface area (Å²) >= 11 is 0. The third kappa shape index (κ3) is 5.26. The van der Waals surface area contributed by atoms with Crippen LogP contribution in [-0.2, 0) is 21.4 Å². The lowest BCUT2D eigenvalue weighted by molar-refractivity contribution is -0.121. The second-order valence-corrected chi connectivity index (χ2v) is 10.2. The number of hydrogen-bond acceptors (Lipinski definition) is 7. The molecule has 11 heteroatoms. The minimum Gasteiger partial charge on any atom is -0.454 e. The van der Waals surface area contributed by atoms with E-state index in [1.54, 1.807) is 30.3 Å². The minimum absolute atomic E-state index is 0.0378. The predicted molar refractivity (Wildman–Crippen MR) is 124 cm³/mol. The van der Waals surface area contributed by atoms with Crippen molar-refractivity contribution in [2.75, 3.05) is 46.6 Å². The Morgan fingerprint density at radius 1 is 1.00 bits per heavy atom. The van der Waals surface area contributed by atoms with Gasteiger partial charge in [0.15, 0.2) is 11.5 Å². The van der Waals surface area contributed by atoms with Crippen LogP contribution in [-0.4, -0.2) is 81.0 Å². The lowest BCUT2D eigenvalue weighted by Crippen LogP contribution is -2.54. The van der Waals surface area contributed by atoms with Gasteiger partial charge >= 0.3 is 6.03 Å². The van der Waals surface area contributed by atoms with Crippen molar-refractivity contribution in [3.63, 3.8) is 0 Å². The Hall–Kier alpha value is -3.31. The van der Waals surface area contributed by atoms with Crippen LogP contribution >= 0.6 is 0 Å². The van der Waals surface area contributed by atoms with Crippen LogP contribution in [0.5, 0.6) is 11.5 Å². The smallest absolute Gasteiger partial charge is 0.334 e. The van der Waals surface area contributed by atoms with Gasteiger partial charge in [-0.1, -0.05) is 23.8 Å². The Labute approximate surface area is 199 Å². The number of carbonyl (C=O) groups is 2. The molecule has 0 aromatic heterocycles. The van der Waals surface area contributed by atoms with E-state index in [2.05, 4.69) is 10.2 Å². The first-order valence-electron chi connectivity index (χ1n) is 11.0. The summed E-state index contributed by atoms with van der Waals surface area (Å²) < 4.78 is 38.1. The lowest BCUT2D eigenvalue weighted by atomic mass is 10.2. The monoisotopic (exact) mass is 488 g/mol. The van der Waals surface area contributed by atoms with E-state index in [0.717, 1.165) is 11.1 Å². The highest BCUT2D eigenvalue weighted by molar-refractivity contribution is 7.89. The summed E-state index contributed by atoms with van der Waals surface area (Å²) in [6.45, 7) is 3.53. The van der Waals surface area contributed by atoms with Crippen LogP contribution in [0.1, 0.15) is 11.1 Å². The second-order valence-electron chi connectivity index (χ2n) is 8.36. The molecule has 0 atom stereocenters. The van der Waals surface area contributed by atoms with Crippen LogP contribution in [0, 0.1) is 6.92 Å². The minimum atomic E-state index is -4.23. The number of rotatable bonds is 6. The second kappa shape index (κ2) is 9.90. The fourth-order valence-corrected chi connectivity index (χ4v) is 5.03. The number of carbonyl (C=O) groups excluding carboxylic acids is 2. The van der Waals surface area contributed by atoms with Crippen LogP contribution < -0.4 is 14.8 Å². The third-order valence-electron chi connectivity index (χ3n) is 5.81. The summed E-state index contributed by atoms with van der Waals surface area (Å²) in [5, 5.41) is 2.70. The van der Waals surface area contributed by atoms with Crippen LogP contribution in [0.3, 0.4) is 0 Å². The molecule has 10 nitrogen and oxygen atoms in total. The van der Waals surface area contributed by atoms with Crippen molar-refractivity contribution < 1.29 is 27.5 Å². The molecular weight excluding hydrogens is 460 g/mol. The molecule has 3 amide bonds. The predicted octanol–water partition coefficient (Wildman–Crippen LogP) is 1.40. The lowest BCUT2D eigenvalue weighted by Gasteiger charge is -2.35. The molecule has 2 heterocycles. The maximum absolute atomic E-state index is 13.4. The maximum atomic E-state index is 13.4. The van der Waals surface area contributed by atoms with E-state index in [9.17, 15) is 18.0 Å². The van der Waals surface area contributed by atoms with Gasteiger partial charge in [0.05, 0.1) is 4.90 Å². The normalized spacial score (nSPS) is 15.8. The molecule has 0 bridgehead atoms. The number of hydrogen-bond donors (Lipinski definition) is 1. The number of nitrogens with one attached hydrogen (secondary N) is 1. The van der Waals surface area contributed by atoms with Crippen LogP contribution in [0.2, 0.25) is 0 Å². The van der Waals surface area contributed by atoms with Gasteiger partial charge in [0.2, 0.25) is 12.7 Å². The molecule has 2 aliphatic heterocycles. The number of ether oxygens (including phenoxy) is 2. The molecule has 182 valence electrons. The van der Waals surface area contributed by atoms with E-state index in [4.69, 9.17) is 9.47 Å². The molecule has 2 aromatic carbocycles. The van der Waals surface area contributed by atoms with E-state index in [1.165, 1.54) is 17.0 Å². The molecule has 2 aliphatic rings. The average molecular weight is 489 g/mol. The molecule has 34 heavy (non-hydrogen) atoms. The summed E-state index contributed by atoms with van der Waals surface area (Å²) in [5.74, 6) is 0.625. The SMILES string of the molecule is Cc1ccc(S(=O)(=O)N(CC(=O)NCc2ccc3c(c2)OCO3)C(=O)N2CCN(C)CC2)cc1. The number of fused-ring (bicyclic) bond motifs is 1. The Morgan fingerprint density at radius 3 is 2.38 bits per heavy atom. The van der Waals surface area contributed by atoms with Crippen molar-refractivity contribution in [1.82, 2.24) is 19.4 Å². The van der Waals surface area contributed by atoms with Gasteiger partial charge in [0.25, 0.3) is 10.0 Å². The van der Waals surface area contributed by atoms with Crippen molar-refractivity contribution >= 4 is 22.0 Å². The van der Waals surface area contributed by atoms with Crippen LogP contribution in [0.15, 0.2) is 47.4 Å². The molecule has 0 spiro atoms. The van der Waals surface area contributed by atoms with Gasteiger partial charge in [0, 0.05) is 32.7 Å². The summed E-state index contributed by atoms with van der Waals surface area (Å²) in [7, 11) is -2.30. The largest absolute Gasteiger partial charge is 0.454 e. The number of sulfonamides is 1. The highest BCUT2D eigenvalue weighted by Gasteiger charge is 2.35. The number of aryl methyl sites for hydroxylation is 1. The standard InChI is InChI=1S/C23H28N4O6S/c1-17-3-6-19(7-4-17)34(30,31)27(23(29)26-11-9-25(2)10-12-26)15-22(28)24-14-18-5-8-20-21(13-18)33-16-32-20/h3-8,13H,9-12,14-16H2,1-2H3,(H,24,28). The molecule has 1 saturated heterocycles. The van der Waals surface area contributed by atoms with Crippen molar-refractivity contribution in [1.29, 1.82) is 0 Å². The Kier molecular flexibility index (Phi) is 6.94. The molecule has 0 saturated carbocycles. The quantitative estimate of drug-likeness (QED) is 0.655. The maximum Gasteiger partial charge on any atom is 0.334 e. The van der Waals surface area contributed by atoms with Crippen molar-refractivity contribution in [2.24, 2.45) is 0 Å². The van der Waals surface area contributed by atoms with Crippen molar-refractivity contribution in [3.05, 3.63) is 53.6 Å². The number of benzene rings is 2. The Balaban J connectivity index is 1.50. The molecule has 4 rings (SSSR count). The first-order chi connectivity index (χ1) is 16.2. The summed E-state index contributed by atoms with van der Waals surface area (Å²) in [5.41, 5.74) is 1.65. The topological polar surface area (TPSA) is 108 Å². The van der Waals surface area contributed by atoms with Crippen molar-refractivity contribution in [2.45, 2.75) is 18.4 Å². The van der Waals surface area contributed by atoms with Gasteiger partial charge in [-0.15, -0.1) is 0 Å². The average Bonchev–Trinajstić information content (AvgIpc) is 3.29.